The topological polar surface area (TPSA) is 37.4 Å². The fourth-order valence-corrected chi connectivity index (χ4v) is 3.14. The second-order valence-corrected chi connectivity index (χ2v) is 6.74. The first kappa shape index (κ1) is 13.6. The van der Waals surface area contributed by atoms with Crippen molar-refractivity contribution < 1.29 is 8.42 Å². The molecule has 1 aliphatic rings. The number of benzene rings is 1. The normalized spacial score (nSPS) is 16.8. The summed E-state index contributed by atoms with van der Waals surface area (Å²) >= 11 is 0. The minimum atomic E-state index is -3.41. The van der Waals surface area contributed by atoms with E-state index in [4.69, 9.17) is 0 Å². The molecule has 1 aromatic carbocycles. The van der Waals surface area contributed by atoms with Crippen molar-refractivity contribution in [2.75, 3.05) is 14.1 Å². The zero-order valence-corrected chi connectivity index (χ0v) is 12.1. The summed E-state index contributed by atoms with van der Waals surface area (Å²) in [5.41, 5.74) is 1.93. The molecular weight excluding hydrogens is 258 g/mol. The maximum Gasteiger partial charge on any atom is 0.206 e. The lowest BCUT2D eigenvalue weighted by molar-refractivity contribution is 0.561. The molecule has 4 heteroatoms. The molecule has 1 aromatic rings. The molecule has 0 saturated carbocycles. The van der Waals surface area contributed by atoms with Gasteiger partial charge in [0.15, 0.2) is 0 Å². The first-order valence-electron chi connectivity index (χ1n) is 5.99. The molecule has 0 radical (unpaired) electrons. The lowest BCUT2D eigenvalue weighted by atomic mass is 10.2. The summed E-state index contributed by atoms with van der Waals surface area (Å²) in [4.78, 5) is 2.56. The zero-order valence-electron chi connectivity index (χ0n) is 11.3. The lowest BCUT2D eigenvalue weighted by Gasteiger charge is -2.05. The van der Waals surface area contributed by atoms with Gasteiger partial charge in [0, 0.05) is 20.3 Å². The summed E-state index contributed by atoms with van der Waals surface area (Å²) in [7, 11) is 0.399. The van der Waals surface area contributed by atoms with Crippen LogP contribution in [-0.2, 0) is 9.84 Å². The standard InChI is InChI=1S/C15H17NO2S/c1-12-4-7-14(8-5-12)19(17,18)15-9-6-13(10-15)11-16(2)3/h4-11H,1-3H3/b13-11+. The van der Waals surface area contributed by atoms with Crippen LogP contribution in [0.2, 0.25) is 0 Å². The molecule has 3 nitrogen and oxygen atoms in total. The van der Waals surface area contributed by atoms with Gasteiger partial charge >= 0.3 is 0 Å². The van der Waals surface area contributed by atoms with Gasteiger partial charge in [0.05, 0.1) is 9.80 Å². The van der Waals surface area contributed by atoms with Crippen LogP contribution in [0.15, 0.2) is 64.1 Å². The number of hydrogen-bond donors (Lipinski definition) is 0. The van der Waals surface area contributed by atoms with Crippen LogP contribution in [0.4, 0.5) is 0 Å². The van der Waals surface area contributed by atoms with Crippen molar-refractivity contribution >= 4 is 9.84 Å². The molecule has 0 N–H and O–H groups in total. The van der Waals surface area contributed by atoms with Gasteiger partial charge in [0.2, 0.25) is 9.84 Å². The monoisotopic (exact) mass is 275 g/mol. The minimum Gasteiger partial charge on any atom is -0.383 e. The first-order chi connectivity index (χ1) is 8.89. The van der Waals surface area contributed by atoms with E-state index < -0.39 is 9.84 Å². The smallest absolute Gasteiger partial charge is 0.206 e. The highest BCUT2D eigenvalue weighted by atomic mass is 32.2. The maximum atomic E-state index is 12.4. The summed E-state index contributed by atoms with van der Waals surface area (Å²) in [6.07, 6.45) is 7.02. The summed E-state index contributed by atoms with van der Waals surface area (Å²) in [5, 5.41) is 0. The van der Waals surface area contributed by atoms with E-state index in [9.17, 15) is 8.42 Å². The van der Waals surface area contributed by atoms with Crippen LogP contribution in [-0.4, -0.2) is 27.4 Å². The molecule has 0 aromatic heterocycles. The summed E-state index contributed by atoms with van der Waals surface area (Å²) in [6, 6.07) is 6.91. The molecule has 0 bridgehead atoms. The molecule has 2 rings (SSSR count). The lowest BCUT2D eigenvalue weighted by Crippen LogP contribution is -2.03. The van der Waals surface area contributed by atoms with E-state index >= 15 is 0 Å². The van der Waals surface area contributed by atoms with Crippen molar-refractivity contribution in [1.29, 1.82) is 0 Å². The summed E-state index contributed by atoms with van der Waals surface area (Å²) < 4.78 is 24.8. The van der Waals surface area contributed by atoms with Crippen LogP contribution in [0.1, 0.15) is 5.56 Å². The molecule has 0 saturated heterocycles. The predicted molar refractivity (Wildman–Crippen MR) is 77.4 cm³/mol. The van der Waals surface area contributed by atoms with Crippen LogP contribution in [0.5, 0.6) is 0 Å². The van der Waals surface area contributed by atoms with Crippen molar-refractivity contribution in [2.45, 2.75) is 11.8 Å². The minimum absolute atomic E-state index is 0.333. The van der Waals surface area contributed by atoms with Gasteiger partial charge in [-0.2, -0.15) is 0 Å². The molecule has 0 spiro atoms. The Morgan fingerprint density at radius 2 is 1.68 bits per heavy atom. The third-order valence-electron chi connectivity index (χ3n) is 2.80. The number of allylic oxidation sites excluding steroid dienone is 4. The fraction of sp³-hybridized carbons (Fsp3) is 0.200. The third-order valence-corrected chi connectivity index (χ3v) is 4.57. The zero-order chi connectivity index (χ0) is 14.0. The Balaban J connectivity index is 2.38. The highest BCUT2D eigenvalue weighted by Gasteiger charge is 2.21. The Labute approximate surface area is 114 Å². The predicted octanol–water partition coefficient (Wildman–Crippen LogP) is 2.67. The summed E-state index contributed by atoms with van der Waals surface area (Å²) in [6.45, 7) is 1.93. The molecule has 100 valence electrons. The molecule has 19 heavy (non-hydrogen) atoms. The molecule has 0 atom stereocenters. The van der Waals surface area contributed by atoms with Gasteiger partial charge in [-0.05, 0) is 36.8 Å². The molecule has 0 fully saturated rings. The van der Waals surface area contributed by atoms with Gasteiger partial charge in [-0.3, -0.25) is 0 Å². The van der Waals surface area contributed by atoms with E-state index in [0.29, 0.717) is 9.80 Å². The Morgan fingerprint density at radius 1 is 1.05 bits per heavy atom. The second kappa shape index (κ2) is 5.05. The van der Waals surface area contributed by atoms with Crippen molar-refractivity contribution in [2.24, 2.45) is 0 Å². The van der Waals surface area contributed by atoms with Crippen LogP contribution < -0.4 is 0 Å². The quantitative estimate of drug-likeness (QED) is 0.851. The van der Waals surface area contributed by atoms with Gasteiger partial charge in [0.25, 0.3) is 0 Å². The van der Waals surface area contributed by atoms with Crippen molar-refractivity contribution in [1.82, 2.24) is 4.90 Å². The van der Waals surface area contributed by atoms with Crippen LogP contribution in [0, 0.1) is 6.92 Å². The van der Waals surface area contributed by atoms with E-state index in [-0.39, 0.29) is 0 Å². The molecular formula is C15H17NO2S. The Kier molecular flexibility index (Phi) is 3.62. The Bertz CT molecular complexity index is 663. The summed E-state index contributed by atoms with van der Waals surface area (Å²) in [5.74, 6) is 0. The van der Waals surface area contributed by atoms with Gasteiger partial charge in [-0.25, -0.2) is 8.42 Å². The Morgan fingerprint density at radius 3 is 2.26 bits per heavy atom. The molecule has 0 amide bonds. The molecule has 0 heterocycles. The average Bonchev–Trinajstić information content (AvgIpc) is 2.78. The maximum absolute atomic E-state index is 12.4. The number of sulfone groups is 1. The average molecular weight is 275 g/mol. The van der Waals surface area contributed by atoms with E-state index in [0.717, 1.165) is 11.1 Å². The second-order valence-electron chi connectivity index (χ2n) is 4.79. The van der Waals surface area contributed by atoms with Crippen LogP contribution in [0.25, 0.3) is 0 Å². The van der Waals surface area contributed by atoms with E-state index in [1.165, 1.54) is 0 Å². The largest absolute Gasteiger partial charge is 0.383 e. The van der Waals surface area contributed by atoms with Crippen molar-refractivity contribution in [3.63, 3.8) is 0 Å². The number of hydrogen-bond acceptors (Lipinski definition) is 3. The molecule has 0 aliphatic heterocycles. The van der Waals surface area contributed by atoms with E-state index in [1.54, 1.807) is 30.4 Å². The highest BCUT2D eigenvalue weighted by molar-refractivity contribution is 7.95. The van der Waals surface area contributed by atoms with E-state index in [1.807, 2.05) is 44.3 Å². The van der Waals surface area contributed by atoms with Gasteiger partial charge < -0.3 is 4.90 Å². The van der Waals surface area contributed by atoms with E-state index in [2.05, 4.69) is 0 Å². The molecule has 0 unspecified atom stereocenters. The van der Waals surface area contributed by atoms with Crippen LogP contribution >= 0.6 is 0 Å². The number of rotatable bonds is 3. The van der Waals surface area contributed by atoms with Crippen molar-refractivity contribution in [3.05, 3.63) is 64.7 Å². The van der Waals surface area contributed by atoms with Crippen molar-refractivity contribution in [3.8, 4) is 0 Å². The van der Waals surface area contributed by atoms with Crippen LogP contribution in [0.3, 0.4) is 0 Å². The highest BCUT2D eigenvalue weighted by Crippen LogP contribution is 2.26. The fourth-order valence-electron chi connectivity index (χ4n) is 1.84. The SMILES string of the molecule is Cc1ccc(S(=O)(=O)C2=C/C(=C/N(C)C)C=C2)cc1. The number of aryl methyl sites for hydroxylation is 1. The molecule has 1 aliphatic carbocycles. The Hall–Kier alpha value is -1.81. The number of nitrogens with zero attached hydrogens (tertiary/aromatic N) is 1. The van der Waals surface area contributed by atoms with Gasteiger partial charge in [-0.15, -0.1) is 0 Å². The third kappa shape index (κ3) is 2.96. The van der Waals surface area contributed by atoms with Gasteiger partial charge in [0.1, 0.15) is 0 Å². The first-order valence-corrected chi connectivity index (χ1v) is 7.48. The van der Waals surface area contributed by atoms with Gasteiger partial charge in [-0.1, -0.05) is 23.8 Å².